The van der Waals surface area contributed by atoms with Gasteiger partial charge >= 0.3 is 0 Å². The van der Waals surface area contributed by atoms with Crippen LogP contribution in [-0.4, -0.2) is 20.0 Å². The molecule has 0 aromatic heterocycles. The van der Waals surface area contributed by atoms with Crippen molar-refractivity contribution in [3.05, 3.63) is 0 Å². The Labute approximate surface area is 82.6 Å². The first-order valence-corrected chi connectivity index (χ1v) is 5.38. The Bertz CT molecular complexity index is 104. The molecule has 2 nitrogen and oxygen atoms in total. The van der Waals surface area contributed by atoms with Gasteiger partial charge in [0.1, 0.15) is 0 Å². The quantitative estimate of drug-likeness (QED) is 0.544. The Hall–Kier alpha value is -0.0800. The molecule has 2 unspecified atom stereocenters. The second kappa shape index (κ2) is 8.52. The third-order valence-electron chi connectivity index (χ3n) is 2.44. The molecule has 0 saturated heterocycles. The molecule has 0 aromatic carbocycles. The monoisotopic (exact) mass is 188 g/mol. The molecule has 0 rings (SSSR count). The van der Waals surface area contributed by atoms with Crippen LogP contribution in [0.4, 0.5) is 0 Å². The van der Waals surface area contributed by atoms with Crippen molar-refractivity contribution in [2.75, 3.05) is 13.7 Å². The average molecular weight is 188 g/mol. The minimum Gasteiger partial charge on any atom is -0.356 e. The van der Waals surface area contributed by atoms with E-state index in [1.165, 1.54) is 25.7 Å². The normalized spacial score (nSPS) is 15.7. The maximum atomic E-state index is 5.52. The lowest BCUT2D eigenvalue weighted by Crippen LogP contribution is -2.16. The highest BCUT2D eigenvalue weighted by Crippen LogP contribution is 2.13. The Morgan fingerprint density at radius 3 is 2.38 bits per heavy atom. The van der Waals surface area contributed by atoms with Gasteiger partial charge in [0.15, 0.2) is 6.29 Å². The third-order valence-corrected chi connectivity index (χ3v) is 2.44. The summed E-state index contributed by atoms with van der Waals surface area (Å²) in [7, 11) is 1.68. The fourth-order valence-electron chi connectivity index (χ4n) is 1.24. The summed E-state index contributed by atoms with van der Waals surface area (Å²) in [5.74, 6) is 0.706. The highest BCUT2D eigenvalue weighted by molar-refractivity contribution is 4.55. The summed E-state index contributed by atoms with van der Waals surface area (Å²) in [5.41, 5.74) is 0. The van der Waals surface area contributed by atoms with Crippen molar-refractivity contribution in [3.8, 4) is 0 Å². The summed E-state index contributed by atoms with van der Waals surface area (Å²) >= 11 is 0. The van der Waals surface area contributed by atoms with E-state index in [0.29, 0.717) is 5.92 Å². The van der Waals surface area contributed by atoms with E-state index in [-0.39, 0.29) is 6.29 Å². The van der Waals surface area contributed by atoms with Gasteiger partial charge in [-0.3, -0.25) is 0 Å². The van der Waals surface area contributed by atoms with Crippen molar-refractivity contribution < 1.29 is 9.47 Å². The lowest BCUT2D eigenvalue weighted by molar-refractivity contribution is -0.120. The van der Waals surface area contributed by atoms with Crippen molar-refractivity contribution in [1.82, 2.24) is 0 Å². The second-order valence-electron chi connectivity index (χ2n) is 3.55. The molecule has 0 aromatic rings. The number of hydrogen-bond donors (Lipinski definition) is 0. The van der Waals surface area contributed by atoms with Crippen LogP contribution in [0, 0.1) is 5.92 Å². The Balaban J connectivity index is 3.46. The molecule has 2 atom stereocenters. The summed E-state index contributed by atoms with van der Waals surface area (Å²) < 4.78 is 10.5. The minimum atomic E-state index is -0.0596. The molecule has 0 radical (unpaired) electrons. The molecule has 0 aliphatic carbocycles. The van der Waals surface area contributed by atoms with Gasteiger partial charge in [0.2, 0.25) is 0 Å². The number of hydrogen-bond acceptors (Lipinski definition) is 2. The molecule has 0 aliphatic rings. The van der Waals surface area contributed by atoms with E-state index in [2.05, 4.69) is 13.8 Å². The van der Waals surface area contributed by atoms with Crippen molar-refractivity contribution in [3.63, 3.8) is 0 Å². The zero-order chi connectivity index (χ0) is 10.1. The summed E-state index contributed by atoms with van der Waals surface area (Å²) in [4.78, 5) is 0. The number of methoxy groups -OCH3 is 1. The van der Waals surface area contributed by atoms with E-state index in [9.17, 15) is 0 Å². The van der Waals surface area contributed by atoms with E-state index in [1.54, 1.807) is 7.11 Å². The highest BCUT2D eigenvalue weighted by atomic mass is 16.7. The van der Waals surface area contributed by atoms with Crippen LogP contribution >= 0.6 is 0 Å². The van der Waals surface area contributed by atoms with Crippen LogP contribution in [0.15, 0.2) is 0 Å². The predicted octanol–water partition coefficient (Wildman–Crippen LogP) is 3.21. The van der Waals surface area contributed by atoms with Crippen LogP contribution in [-0.2, 0) is 9.47 Å². The summed E-state index contributed by atoms with van der Waals surface area (Å²) in [6, 6.07) is 0. The van der Waals surface area contributed by atoms with Crippen LogP contribution in [0.5, 0.6) is 0 Å². The topological polar surface area (TPSA) is 18.5 Å². The molecule has 0 saturated carbocycles. The van der Waals surface area contributed by atoms with Crippen LogP contribution in [0.1, 0.15) is 46.5 Å². The standard InChI is InChI=1S/C11H24O2/c1-5-7-8-11(6-2)9-13-10(3)12-4/h10-11H,5-9H2,1-4H3. The van der Waals surface area contributed by atoms with Crippen molar-refractivity contribution >= 4 is 0 Å². The first-order chi connectivity index (χ1) is 6.24. The minimum absolute atomic E-state index is 0.0596. The van der Waals surface area contributed by atoms with Gasteiger partial charge in [-0.05, 0) is 19.3 Å². The fourth-order valence-corrected chi connectivity index (χ4v) is 1.24. The van der Waals surface area contributed by atoms with Gasteiger partial charge in [0, 0.05) is 7.11 Å². The van der Waals surface area contributed by atoms with Crippen LogP contribution in [0.3, 0.4) is 0 Å². The molecule has 0 amide bonds. The number of unbranched alkanes of at least 4 members (excludes halogenated alkanes) is 1. The van der Waals surface area contributed by atoms with Crippen LogP contribution in [0.25, 0.3) is 0 Å². The first kappa shape index (κ1) is 12.9. The van der Waals surface area contributed by atoms with Crippen molar-refractivity contribution in [2.24, 2.45) is 5.92 Å². The fraction of sp³-hybridized carbons (Fsp3) is 1.00. The summed E-state index contributed by atoms with van der Waals surface area (Å²) in [6.07, 6.45) is 5.01. The van der Waals surface area contributed by atoms with Gasteiger partial charge in [0.05, 0.1) is 6.61 Å². The Kier molecular flexibility index (Phi) is 8.46. The van der Waals surface area contributed by atoms with E-state index in [4.69, 9.17) is 9.47 Å². The molecular formula is C11H24O2. The van der Waals surface area contributed by atoms with Crippen LogP contribution in [0.2, 0.25) is 0 Å². The smallest absolute Gasteiger partial charge is 0.154 e. The van der Waals surface area contributed by atoms with E-state index >= 15 is 0 Å². The van der Waals surface area contributed by atoms with Crippen molar-refractivity contribution in [1.29, 1.82) is 0 Å². The predicted molar refractivity (Wildman–Crippen MR) is 55.7 cm³/mol. The summed E-state index contributed by atoms with van der Waals surface area (Å²) in [5, 5.41) is 0. The molecule has 13 heavy (non-hydrogen) atoms. The highest BCUT2D eigenvalue weighted by Gasteiger charge is 2.07. The molecule has 0 spiro atoms. The van der Waals surface area contributed by atoms with Gasteiger partial charge in [-0.25, -0.2) is 0 Å². The van der Waals surface area contributed by atoms with Crippen molar-refractivity contribution in [2.45, 2.75) is 52.7 Å². The first-order valence-electron chi connectivity index (χ1n) is 5.38. The zero-order valence-corrected chi connectivity index (χ0v) is 9.51. The van der Waals surface area contributed by atoms with E-state index in [0.717, 1.165) is 6.61 Å². The molecule has 0 N–H and O–H groups in total. The Morgan fingerprint density at radius 2 is 1.92 bits per heavy atom. The lowest BCUT2D eigenvalue weighted by Gasteiger charge is -2.17. The second-order valence-corrected chi connectivity index (χ2v) is 3.55. The molecule has 80 valence electrons. The molecule has 0 bridgehead atoms. The maximum absolute atomic E-state index is 5.52. The van der Waals surface area contributed by atoms with Gasteiger partial charge < -0.3 is 9.47 Å². The Morgan fingerprint density at radius 1 is 1.23 bits per heavy atom. The zero-order valence-electron chi connectivity index (χ0n) is 9.51. The molecule has 0 aliphatic heterocycles. The lowest BCUT2D eigenvalue weighted by atomic mass is 10.0. The largest absolute Gasteiger partial charge is 0.356 e. The average Bonchev–Trinajstić information content (AvgIpc) is 2.17. The molecular weight excluding hydrogens is 164 g/mol. The SMILES string of the molecule is CCCCC(CC)COC(C)OC. The van der Waals surface area contributed by atoms with Gasteiger partial charge in [0.25, 0.3) is 0 Å². The van der Waals surface area contributed by atoms with Crippen LogP contribution < -0.4 is 0 Å². The van der Waals surface area contributed by atoms with E-state index < -0.39 is 0 Å². The molecule has 0 heterocycles. The number of rotatable bonds is 8. The number of ether oxygens (including phenoxy) is 2. The summed E-state index contributed by atoms with van der Waals surface area (Å²) in [6.45, 7) is 7.23. The van der Waals surface area contributed by atoms with Gasteiger partial charge in [-0.2, -0.15) is 0 Å². The maximum Gasteiger partial charge on any atom is 0.154 e. The molecule has 2 heteroatoms. The van der Waals surface area contributed by atoms with Gasteiger partial charge in [-0.15, -0.1) is 0 Å². The molecule has 0 fully saturated rings. The third kappa shape index (κ3) is 7.03. The van der Waals surface area contributed by atoms with Gasteiger partial charge in [-0.1, -0.05) is 33.1 Å². The van der Waals surface area contributed by atoms with E-state index in [1.807, 2.05) is 6.92 Å².